The minimum atomic E-state index is -4.31. The van der Waals surface area contributed by atoms with Crippen molar-refractivity contribution in [1.82, 2.24) is 9.97 Å². The van der Waals surface area contributed by atoms with Crippen LogP contribution in [0.25, 0.3) is 0 Å². The fourth-order valence-corrected chi connectivity index (χ4v) is 0.917. The van der Waals surface area contributed by atoms with Crippen molar-refractivity contribution < 1.29 is 13.2 Å². The van der Waals surface area contributed by atoms with Crippen LogP contribution in [0.1, 0.15) is 0 Å². The molecule has 1 heterocycles. The molecule has 78 valence electrons. The summed E-state index contributed by atoms with van der Waals surface area (Å²) in [5.41, 5.74) is -0.482. The van der Waals surface area contributed by atoms with Crippen molar-refractivity contribution in [2.45, 2.75) is 6.18 Å². The highest BCUT2D eigenvalue weighted by atomic mass is 19.4. The molecule has 0 fully saturated rings. The monoisotopic (exact) mass is 207 g/mol. The van der Waals surface area contributed by atoms with Gasteiger partial charge in [0.25, 0.3) is 5.56 Å². The van der Waals surface area contributed by atoms with E-state index in [0.717, 1.165) is 17.3 Å². The number of aromatic nitrogens is 2. The molecule has 0 radical (unpaired) electrons. The smallest absolute Gasteiger partial charge is 0.350 e. The molecule has 7 heteroatoms. The van der Waals surface area contributed by atoms with Crippen LogP contribution in [-0.4, -0.2) is 29.7 Å². The highest BCUT2D eigenvalue weighted by Crippen LogP contribution is 2.17. The molecule has 0 spiro atoms. The normalized spacial score (nSPS) is 11.4. The Morgan fingerprint density at radius 3 is 2.71 bits per heavy atom. The summed E-state index contributed by atoms with van der Waals surface area (Å²) in [4.78, 5) is 17.4. The number of H-pyrrole nitrogens is 1. The van der Waals surface area contributed by atoms with Gasteiger partial charge in [-0.2, -0.15) is 13.2 Å². The first-order valence-corrected chi connectivity index (χ1v) is 3.71. The van der Waals surface area contributed by atoms with Crippen molar-refractivity contribution in [2.24, 2.45) is 0 Å². The molecule has 1 aromatic heterocycles. The molecule has 0 aliphatic rings. The first-order chi connectivity index (χ1) is 6.38. The number of alkyl halides is 3. The quantitative estimate of drug-likeness (QED) is 0.779. The van der Waals surface area contributed by atoms with Crippen molar-refractivity contribution in [3.63, 3.8) is 0 Å². The Labute approximate surface area is 77.4 Å². The van der Waals surface area contributed by atoms with E-state index in [1.807, 2.05) is 0 Å². The fourth-order valence-electron chi connectivity index (χ4n) is 0.917. The molecule has 1 rings (SSSR count). The predicted molar refractivity (Wildman–Crippen MR) is 44.2 cm³/mol. The third-order valence-corrected chi connectivity index (χ3v) is 1.47. The zero-order chi connectivity index (χ0) is 10.8. The summed E-state index contributed by atoms with van der Waals surface area (Å²) in [7, 11) is 1.22. The van der Waals surface area contributed by atoms with Crippen molar-refractivity contribution in [3.8, 4) is 0 Å². The Kier molecular flexibility index (Phi) is 2.78. The van der Waals surface area contributed by atoms with E-state index in [-0.39, 0.29) is 5.82 Å². The van der Waals surface area contributed by atoms with Crippen LogP contribution in [-0.2, 0) is 0 Å². The predicted octanol–water partition coefficient (Wildman–Crippen LogP) is 0.768. The van der Waals surface area contributed by atoms with Gasteiger partial charge in [-0.15, -0.1) is 0 Å². The van der Waals surface area contributed by atoms with Gasteiger partial charge in [0.2, 0.25) is 0 Å². The number of anilines is 1. The van der Waals surface area contributed by atoms with Crippen LogP contribution in [0.15, 0.2) is 17.2 Å². The van der Waals surface area contributed by atoms with E-state index in [2.05, 4.69) is 9.97 Å². The molecule has 4 nitrogen and oxygen atoms in total. The van der Waals surface area contributed by atoms with E-state index in [4.69, 9.17) is 0 Å². The van der Waals surface area contributed by atoms with Crippen LogP contribution < -0.4 is 10.5 Å². The molecule has 0 aromatic carbocycles. The third-order valence-electron chi connectivity index (χ3n) is 1.47. The lowest BCUT2D eigenvalue weighted by Gasteiger charge is -2.18. The Balaban J connectivity index is 2.80. The van der Waals surface area contributed by atoms with Gasteiger partial charge in [0.05, 0.1) is 6.33 Å². The first-order valence-electron chi connectivity index (χ1n) is 3.71. The maximum Gasteiger partial charge on any atom is 0.405 e. The van der Waals surface area contributed by atoms with Gasteiger partial charge in [0, 0.05) is 13.1 Å². The number of rotatable bonds is 2. The van der Waals surface area contributed by atoms with Gasteiger partial charge in [-0.05, 0) is 0 Å². The lowest BCUT2D eigenvalue weighted by molar-refractivity contribution is -0.119. The Morgan fingerprint density at radius 2 is 2.21 bits per heavy atom. The topological polar surface area (TPSA) is 49.0 Å². The van der Waals surface area contributed by atoms with Gasteiger partial charge in [-0.25, -0.2) is 4.98 Å². The fraction of sp³-hybridized carbons (Fsp3) is 0.429. The summed E-state index contributed by atoms with van der Waals surface area (Å²) in [6.07, 6.45) is -3.25. The average Bonchev–Trinajstić information content (AvgIpc) is 2.01. The Hall–Kier alpha value is -1.53. The molecule has 14 heavy (non-hydrogen) atoms. The third kappa shape index (κ3) is 3.08. The molecular formula is C7H8F3N3O. The number of nitrogens with one attached hydrogen (secondary N) is 1. The number of aromatic amines is 1. The van der Waals surface area contributed by atoms with Crippen LogP contribution in [0.4, 0.5) is 19.0 Å². The van der Waals surface area contributed by atoms with Crippen LogP contribution in [0, 0.1) is 0 Å². The van der Waals surface area contributed by atoms with Crippen molar-refractivity contribution >= 4 is 5.82 Å². The molecule has 0 bridgehead atoms. The van der Waals surface area contributed by atoms with Gasteiger partial charge < -0.3 is 9.88 Å². The number of hydrogen-bond donors (Lipinski definition) is 1. The van der Waals surface area contributed by atoms with E-state index in [9.17, 15) is 18.0 Å². The zero-order valence-corrected chi connectivity index (χ0v) is 7.30. The Morgan fingerprint density at radius 1 is 1.57 bits per heavy atom. The zero-order valence-electron chi connectivity index (χ0n) is 7.30. The summed E-state index contributed by atoms with van der Waals surface area (Å²) < 4.78 is 35.8. The second kappa shape index (κ2) is 3.69. The van der Waals surface area contributed by atoms with Gasteiger partial charge in [0.1, 0.15) is 12.4 Å². The van der Waals surface area contributed by atoms with Gasteiger partial charge in [-0.1, -0.05) is 0 Å². The molecule has 0 aliphatic heterocycles. The maximum atomic E-state index is 11.9. The summed E-state index contributed by atoms with van der Waals surface area (Å²) in [5.74, 6) is -0.00826. The molecular weight excluding hydrogens is 199 g/mol. The molecule has 1 aromatic rings. The van der Waals surface area contributed by atoms with Crippen molar-refractivity contribution in [2.75, 3.05) is 18.5 Å². The van der Waals surface area contributed by atoms with Crippen LogP contribution in [0.5, 0.6) is 0 Å². The van der Waals surface area contributed by atoms with Gasteiger partial charge in [0.15, 0.2) is 0 Å². The summed E-state index contributed by atoms with van der Waals surface area (Å²) in [5, 5.41) is 0. The molecule has 0 aliphatic carbocycles. The second-order valence-corrected chi connectivity index (χ2v) is 2.74. The first kappa shape index (κ1) is 10.6. The van der Waals surface area contributed by atoms with Gasteiger partial charge >= 0.3 is 6.18 Å². The minimum Gasteiger partial charge on any atom is -0.350 e. The molecule has 0 saturated heterocycles. The van der Waals surface area contributed by atoms with Crippen LogP contribution in [0.2, 0.25) is 0 Å². The van der Waals surface area contributed by atoms with Crippen molar-refractivity contribution in [1.29, 1.82) is 0 Å². The lowest BCUT2D eigenvalue weighted by Crippen LogP contribution is -2.32. The second-order valence-electron chi connectivity index (χ2n) is 2.74. The van der Waals surface area contributed by atoms with Crippen LogP contribution >= 0.6 is 0 Å². The highest BCUT2D eigenvalue weighted by Gasteiger charge is 2.29. The number of halogens is 3. The summed E-state index contributed by atoms with van der Waals surface area (Å²) in [6, 6.07) is 1.01. The summed E-state index contributed by atoms with van der Waals surface area (Å²) >= 11 is 0. The lowest BCUT2D eigenvalue weighted by atomic mass is 10.5. The summed E-state index contributed by atoms with van der Waals surface area (Å²) in [6.45, 7) is -1.14. The number of hydrogen-bond acceptors (Lipinski definition) is 3. The standard InChI is InChI=1S/C7H8F3N3O/c1-13(3-7(8,9)10)5-2-6(14)12-4-11-5/h2,4H,3H2,1H3,(H,11,12,14). The average molecular weight is 207 g/mol. The number of nitrogens with zero attached hydrogens (tertiary/aromatic N) is 2. The van der Waals surface area contributed by atoms with E-state index < -0.39 is 18.3 Å². The molecule has 0 unspecified atom stereocenters. The molecule has 0 saturated carbocycles. The largest absolute Gasteiger partial charge is 0.405 e. The van der Waals surface area contributed by atoms with E-state index in [1.165, 1.54) is 7.05 Å². The van der Waals surface area contributed by atoms with E-state index in [1.54, 1.807) is 0 Å². The van der Waals surface area contributed by atoms with E-state index >= 15 is 0 Å². The minimum absolute atomic E-state index is 0.00826. The van der Waals surface area contributed by atoms with E-state index in [0.29, 0.717) is 0 Å². The van der Waals surface area contributed by atoms with Crippen molar-refractivity contribution in [3.05, 3.63) is 22.7 Å². The van der Waals surface area contributed by atoms with Gasteiger partial charge in [-0.3, -0.25) is 4.79 Å². The SMILES string of the molecule is CN(CC(F)(F)F)c1cc(=O)[nH]cn1. The molecule has 0 amide bonds. The molecule has 1 N–H and O–H groups in total. The molecule has 0 atom stereocenters. The Bertz CT molecular complexity index is 360. The highest BCUT2D eigenvalue weighted by molar-refractivity contribution is 5.35. The van der Waals surface area contributed by atoms with Crippen LogP contribution in [0.3, 0.4) is 0 Å². The maximum absolute atomic E-state index is 11.9.